The second kappa shape index (κ2) is 6.72. The van der Waals surface area contributed by atoms with Crippen LogP contribution in [0.25, 0.3) is 11.3 Å². The molecule has 0 fully saturated rings. The summed E-state index contributed by atoms with van der Waals surface area (Å²) in [6.45, 7) is 0. The van der Waals surface area contributed by atoms with Crippen LogP contribution in [0.1, 0.15) is 11.1 Å². The second-order valence-corrected chi connectivity index (χ2v) is 5.31. The fourth-order valence-electron chi connectivity index (χ4n) is 2.35. The number of hydrogen-bond acceptors (Lipinski definition) is 5. The van der Waals surface area contributed by atoms with Gasteiger partial charge in [-0.2, -0.15) is 18.4 Å². The lowest BCUT2D eigenvalue weighted by molar-refractivity contribution is -0.137. The highest BCUT2D eigenvalue weighted by molar-refractivity contribution is 5.73. The average Bonchev–Trinajstić information content (AvgIpc) is 2.61. The largest absolute Gasteiger partial charge is 0.492 e. The number of aromatic nitrogens is 2. The van der Waals surface area contributed by atoms with Crippen molar-refractivity contribution in [2.45, 2.75) is 6.18 Å². The molecular weight excluding hydrogens is 345 g/mol. The Morgan fingerprint density at radius 3 is 2.38 bits per heavy atom. The van der Waals surface area contributed by atoms with Gasteiger partial charge in [0.2, 0.25) is 5.88 Å². The number of anilines is 2. The second-order valence-electron chi connectivity index (χ2n) is 5.31. The fourth-order valence-corrected chi connectivity index (χ4v) is 2.35. The van der Waals surface area contributed by atoms with Crippen molar-refractivity contribution < 1.29 is 18.3 Å². The molecule has 3 aromatic rings. The zero-order chi connectivity index (χ0) is 18.7. The molecule has 0 spiro atoms. The molecule has 3 rings (SSSR count). The highest BCUT2D eigenvalue weighted by Crippen LogP contribution is 2.31. The summed E-state index contributed by atoms with van der Waals surface area (Å²) in [5, 5.41) is 21.8. The van der Waals surface area contributed by atoms with Crippen LogP contribution in [-0.4, -0.2) is 15.1 Å². The lowest BCUT2D eigenvalue weighted by atomic mass is 10.1. The molecule has 0 unspecified atom stereocenters. The van der Waals surface area contributed by atoms with E-state index in [2.05, 4.69) is 15.3 Å². The van der Waals surface area contributed by atoms with E-state index in [1.54, 1.807) is 24.3 Å². The van der Waals surface area contributed by atoms with E-state index in [0.29, 0.717) is 16.9 Å². The quantitative estimate of drug-likeness (QED) is 0.723. The van der Waals surface area contributed by atoms with E-state index in [9.17, 15) is 18.3 Å². The van der Waals surface area contributed by atoms with Gasteiger partial charge >= 0.3 is 6.18 Å². The van der Waals surface area contributed by atoms with Crippen LogP contribution >= 0.6 is 0 Å². The molecule has 0 aliphatic carbocycles. The van der Waals surface area contributed by atoms with Crippen LogP contribution < -0.4 is 5.32 Å². The van der Waals surface area contributed by atoms with Crippen LogP contribution in [0.15, 0.2) is 54.9 Å². The average molecular weight is 356 g/mol. The molecule has 0 aliphatic heterocycles. The van der Waals surface area contributed by atoms with E-state index in [1.165, 1.54) is 12.1 Å². The predicted molar refractivity (Wildman–Crippen MR) is 88.6 cm³/mol. The van der Waals surface area contributed by atoms with Crippen molar-refractivity contribution in [1.82, 2.24) is 9.97 Å². The van der Waals surface area contributed by atoms with Gasteiger partial charge in [0.25, 0.3) is 0 Å². The number of nitriles is 1. The first-order valence-corrected chi connectivity index (χ1v) is 7.37. The Morgan fingerprint density at radius 1 is 1.00 bits per heavy atom. The number of aromatic hydroxyl groups is 1. The molecule has 26 heavy (non-hydrogen) atoms. The maximum absolute atomic E-state index is 12.6. The van der Waals surface area contributed by atoms with Crippen LogP contribution in [0.5, 0.6) is 5.88 Å². The molecule has 0 saturated heterocycles. The minimum Gasteiger partial charge on any atom is -0.492 e. The van der Waals surface area contributed by atoms with Crippen LogP contribution in [0.4, 0.5) is 24.5 Å². The van der Waals surface area contributed by atoms with Gasteiger partial charge in [0.15, 0.2) is 0 Å². The molecule has 1 aromatic heterocycles. The first kappa shape index (κ1) is 17.2. The molecule has 0 saturated carbocycles. The van der Waals surface area contributed by atoms with Gasteiger partial charge in [-0.15, -0.1) is 0 Å². The molecule has 0 aliphatic rings. The van der Waals surface area contributed by atoms with Crippen molar-refractivity contribution in [3.05, 3.63) is 66.0 Å². The van der Waals surface area contributed by atoms with Crippen molar-refractivity contribution in [2.75, 3.05) is 5.32 Å². The Labute approximate surface area is 146 Å². The van der Waals surface area contributed by atoms with Gasteiger partial charge in [-0.25, -0.2) is 9.97 Å². The molecule has 0 bridgehead atoms. The Balaban J connectivity index is 1.89. The third kappa shape index (κ3) is 3.57. The summed E-state index contributed by atoms with van der Waals surface area (Å²) in [6, 6.07) is 13.3. The van der Waals surface area contributed by atoms with E-state index >= 15 is 0 Å². The van der Waals surface area contributed by atoms with Crippen molar-refractivity contribution >= 4 is 11.4 Å². The summed E-state index contributed by atoms with van der Waals surface area (Å²) in [6.07, 6.45) is -3.25. The number of nitrogens with zero attached hydrogens (tertiary/aromatic N) is 3. The van der Waals surface area contributed by atoms with Crippen LogP contribution in [0.2, 0.25) is 0 Å². The van der Waals surface area contributed by atoms with Gasteiger partial charge in [0.1, 0.15) is 18.0 Å². The molecule has 8 heteroatoms. The molecular formula is C18H11F3N4O. The third-order valence-electron chi connectivity index (χ3n) is 3.58. The van der Waals surface area contributed by atoms with Crippen molar-refractivity contribution in [3.63, 3.8) is 0 Å². The number of rotatable bonds is 3. The summed E-state index contributed by atoms with van der Waals surface area (Å²) < 4.78 is 37.8. The van der Waals surface area contributed by atoms with E-state index in [-0.39, 0.29) is 11.3 Å². The number of nitrogens with one attached hydrogen (secondary N) is 1. The summed E-state index contributed by atoms with van der Waals surface area (Å²) in [5.41, 5.74) is 1.09. The van der Waals surface area contributed by atoms with Crippen molar-refractivity contribution in [3.8, 4) is 23.2 Å². The minimum absolute atomic E-state index is 0.0563. The highest BCUT2D eigenvalue weighted by atomic mass is 19.4. The predicted octanol–water partition coefficient (Wildman–Crippen LogP) is 4.48. The summed E-state index contributed by atoms with van der Waals surface area (Å²) >= 11 is 0. The molecule has 0 radical (unpaired) electrons. The summed E-state index contributed by atoms with van der Waals surface area (Å²) in [4.78, 5) is 7.59. The molecule has 5 nitrogen and oxygen atoms in total. The van der Waals surface area contributed by atoms with Crippen LogP contribution in [0, 0.1) is 11.3 Å². The van der Waals surface area contributed by atoms with Gasteiger partial charge in [-0.3, -0.25) is 0 Å². The summed E-state index contributed by atoms with van der Waals surface area (Å²) in [5.74, 6) is -0.418. The molecule has 0 amide bonds. The maximum atomic E-state index is 12.6. The van der Waals surface area contributed by atoms with Gasteiger partial charge in [0.05, 0.1) is 11.3 Å². The van der Waals surface area contributed by atoms with E-state index < -0.39 is 17.6 Å². The van der Waals surface area contributed by atoms with Crippen LogP contribution in [-0.2, 0) is 6.18 Å². The highest BCUT2D eigenvalue weighted by Gasteiger charge is 2.29. The first-order valence-electron chi connectivity index (χ1n) is 7.37. The number of halogens is 3. The lowest BCUT2D eigenvalue weighted by Gasteiger charge is -2.11. The Kier molecular flexibility index (Phi) is 4.45. The zero-order valence-electron chi connectivity index (χ0n) is 13.1. The smallest absolute Gasteiger partial charge is 0.416 e. The number of benzene rings is 2. The standard InChI is InChI=1S/C18H11F3N4O/c19-18(20,21)12-4-6-13(7-5-12)25-14-3-1-2-11(8-14)16-15(9-22)17(26)24-10-23-16/h1-8,10,25H,(H,23,24,26). The zero-order valence-corrected chi connectivity index (χ0v) is 13.1. The van der Waals surface area contributed by atoms with E-state index in [0.717, 1.165) is 18.5 Å². The molecule has 2 aromatic carbocycles. The molecule has 130 valence electrons. The third-order valence-corrected chi connectivity index (χ3v) is 3.58. The Bertz CT molecular complexity index is 979. The molecule has 2 N–H and O–H groups in total. The Hall–Kier alpha value is -3.60. The monoisotopic (exact) mass is 356 g/mol. The normalized spacial score (nSPS) is 11.0. The van der Waals surface area contributed by atoms with Crippen molar-refractivity contribution in [1.29, 1.82) is 5.26 Å². The number of alkyl halides is 3. The van der Waals surface area contributed by atoms with Crippen molar-refractivity contribution in [2.24, 2.45) is 0 Å². The Morgan fingerprint density at radius 2 is 1.73 bits per heavy atom. The van der Waals surface area contributed by atoms with Gasteiger partial charge in [-0.05, 0) is 36.4 Å². The molecule has 1 heterocycles. The summed E-state index contributed by atoms with van der Waals surface area (Å²) in [7, 11) is 0. The van der Waals surface area contributed by atoms with E-state index in [1.807, 2.05) is 6.07 Å². The lowest BCUT2D eigenvalue weighted by Crippen LogP contribution is -2.04. The minimum atomic E-state index is -4.39. The van der Waals surface area contributed by atoms with Gasteiger partial charge < -0.3 is 10.4 Å². The van der Waals surface area contributed by atoms with Crippen LogP contribution in [0.3, 0.4) is 0 Å². The topological polar surface area (TPSA) is 81.8 Å². The van der Waals surface area contributed by atoms with E-state index in [4.69, 9.17) is 5.26 Å². The molecule has 0 atom stereocenters. The maximum Gasteiger partial charge on any atom is 0.416 e. The first-order chi connectivity index (χ1) is 12.4. The van der Waals surface area contributed by atoms with Gasteiger partial charge in [0, 0.05) is 16.9 Å². The number of hydrogen-bond donors (Lipinski definition) is 2. The fraction of sp³-hybridized carbons (Fsp3) is 0.0556. The SMILES string of the molecule is N#Cc1c(O)ncnc1-c1cccc(Nc2ccc(C(F)(F)F)cc2)c1. The van der Waals surface area contributed by atoms with Gasteiger partial charge in [-0.1, -0.05) is 12.1 Å².